The highest BCUT2D eigenvalue weighted by Crippen LogP contribution is 2.41. The zero-order valence-electron chi connectivity index (χ0n) is 15.7. The van der Waals surface area contributed by atoms with Crippen molar-refractivity contribution in [1.29, 1.82) is 5.26 Å². The Bertz CT molecular complexity index is 1010. The summed E-state index contributed by atoms with van der Waals surface area (Å²) in [6, 6.07) is 24.3. The SMILES string of the molecule is CS[C@H](c1ccccc1[S@@](=O)c1ccc(C)cc1)C(O)c1ccc(C#N)cc1. The van der Waals surface area contributed by atoms with E-state index in [2.05, 4.69) is 6.07 Å². The first-order valence-electron chi connectivity index (χ1n) is 8.83. The zero-order chi connectivity index (χ0) is 20.1. The summed E-state index contributed by atoms with van der Waals surface area (Å²) in [4.78, 5) is 1.45. The molecule has 0 radical (unpaired) electrons. The third-order valence-corrected chi connectivity index (χ3v) is 7.07. The molecule has 1 unspecified atom stereocenters. The van der Waals surface area contributed by atoms with E-state index in [9.17, 15) is 9.32 Å². The lowest BCUT2D eigenvalue weighted by atomic mass is 10.00. The van der Waals surface area contributed by atoms with Crippen LogP contribution in [0.15, 0.2) is 82.6 Å². The van der Waals surface area contributed by atoms with Gasteiger partial charge in [-0.1, -0.05) is 48.0 Å². The number of nitrogens with zero attached hydrogens (tertiary/aromatic N) is 1. The van der Waals surface area contributed by atoms with Crippen molar-refractivity contribution in [1.82, 2.24) is 0 Å². The summed E-state index contributed by atoms with van der Waals surface area (Å²) < 4.78 is 13.2. The van der Waals surface area contributed by atoms with E-state index in [0.29, 0.717) is 10.5 Å². The van der Waals surface area contributed by atoms with Gasteiger partial charge in [-0.3, -0.25) is 0 Å². The smallest absolute Gasteiger partial charge is 0.0991 e. The second kappa shape index (κ2) is 9.20. The van der Waals surface area contributed by atoms with Gasteiger partial charge in [0, 0.05) is 9.79 Å². The molecular weight excluding hydrogens is 386 g/mol. The summed E-state index contributed by atoms with van der Waals surface area (Å²) in [7, 11) is -1.33. The Morgan fingerprint density at radius 1 is 1.00 bits per heavy atom. The fraction of sp³-hybridized carbons (Fsp3) is 0.174. The highest BCUT2D eigenvalue weighted by Gasteiger charge is 2.26. The van der Waals surface area contributed by atoms with Gasteiger partial charge in [0.05, 0.1) is 33.8 Å². The molecule has 3 rings (SSSR count). The fourth-order valence-corrected chi connectivity index (χ4v) is 5.23. The second-order valence-corrected chi connectivity index (χ2v) is 8.88. The molecule has 3 aromatic carbocycles. The summed E-state index contributed by atoms with van der Waals surface area (Å²) in [5.74, 6) is 0. The molecule has 28 heavy (non-hydrogen) atoms. The molecule has 0 amide bonds. The van der Waals surface area contributed by atoms with Gasteiger partial charge in [-0.05, 0) is 54.6 Å². The predicted molar refractivity (Wildman–Crippen MR) is 115 cm³/mol. The fourth-order valence-electron chi connectivity index (χ4n) is 3.03. The number of benzene rings is 3. The Labute approximate surface area is 172 Å². The lowest BCUT2D eigenvalue weighted by Gasteiger charge is -2.24. The summed E-state index contributed by atoms with van der Waals surface area (Å²) in [5.41, 5.74) is 3.25. The average molecular weight is 408 g/mol. The first-order valence-corrected chi connectivity index (χ1v) is 11.3. The van der Waals surface area contributed by atoms with Crippen molar-refractivity contribution in [2.24, 2.45) is 0 Å². The minimum Gasteiger partial charge on any atom is -0.387 e. The summed E-state index contributed by atoms with van der Waals surface area (Å²) in [5, 5.41) is 19.7. The van der Waals surface area contributed by atoms with Crippen molar-refractivity contribution in [2.75, 3.05) is 6.26 Å². The first-order chi connectivity index (χ1) is 13.5. The van der Waals surface area contributed by atoms with Crippen LogP contribution in [0.1, 0.15) is 33.6 Å². The standard InChI is InChI=1S/C23H21NO2S2/c1-16-7-13-19(14-8-16)28(26)21-6-4-3-5-20(21)23(27-2)22(25)18-11-9-17(15-24)10-12-18/h3-14,22-23,25H,1-2H3/t22?,23-,28+/m1/s1. The van der Waals surface area contributed by atoms with Crippen LogP contribution in [0, 0.1) is 18.3 Å². The molecule has 0 aliphatic heterocycles. The normalized spacial score (nSPS) is 14.1. The largest absolute Gasteiger partial charge is 0.387 e. The monoisotopic (exact) mass is 407 g/mol. The Balaban J connectivity index is 1.98. The molecule has 1 N–H and O–H groups in total. The highest BCUT2D eigenvalue weighted by atomic mass is 32.2. The molecule has 0 saturated heterocycles. The quantitative estimate of drug-likeness (QED) is 0.612. The molecule has 0 aromatic heterocycles. The number of thioether (sulfide) groups is 1. The number of rotatable bonds is 6. The van der Waals surface area contributed by atoms with Gasteiger partial charge in [-0.25, -0.2) is 4.21 Å². The molecule has 3 aromatic rings. The van der Waals surface area contributed by atoms with E-state index in [1.165, 1.54) is 11.8 Å². The number of hydrogen-bond donors (Lipinski definition) is 1. The van der Waals surface area contributed by atoms with Crippen molar-refractivity contribution in [3.63, 3.8) is 0 Å². The second-order valence-electron chi connectivity index (χ2n) is 6.45. The maximum absolute atomic E-state index is 13.2. The maximum atomic E-state index is 13.2. The average Bonchev–Trinajstić information content (AvgIpc) is 2.74. The molecule has 0 saturated carbocycles. The summed E-state index contributed by atoms with van der Waals surface area (Å²) >= 11 is 1.52. The van der Waals surface area contributed by atoms with Crippen LogP contribution < -0.4 is 0 Å². The molecule has 142 valence electrons. The third-order valence-electron chi connectivity index (χ3n) is 4.58. The maximum Gasteiger partial charge on any atom is 0.0991 e. The van der Waals surface area contributed by atoms with Crippen LogP contribution in [0.2, 0.25) is 0 Å². The minimum absolute atomic E-state index is 0.279. The third kappa shape index (κ3) is 4.36. The highest BCUT2D eigenvalue weighted by molar-refractivity contribution is 7.98. The first kappa shape index (κ1) is 20.3. The number of nitriles is 1. The topological polar surface area (TPSA) is 61.1 Å². The molecule has 0 spiro atoms. The van der Waals surface area contributed by atoms with Crippen LogP contribution >= 0.6 is 11.8 Å². The van der Waals surface area contributed by atoms with Gasteiger partial charge in [-0.2, -0.15) is 17.0 Å². The Hall–Kier alpha value is -2.39. The lowest BCUT2D eigenvalue weighted by molar-refractivity contribution is 0.174. The van der Waals surface area contributed by atoms with Crippen molar-refractivity contribution in [2.45, 2.75) is 28.1 Å². The van der Waals surface area contributed by atoms with Crippen molar-refractivity contribution < 1.29 is 9.32 Å². The van der Waals surface area contributed by atoms with Crippen molar-refractivity contribution in [3.05, 3.63) is 95.1 Å². The van der Waals surface area contributed by atoms with Crippen LogP contribution in [-0.4, -0.2) is 15.6 Å². The molecule has 3 nitrogen and oxygen atoms in total. The predicted octanol–water partition coefficient (Wildman–Crippen LogP) is 5.17. The van der Waals surface area contributed by atoms with Crippen LogP contribution in [0.25, 0.3) is 0 Å². The molecule has 5 heteroatoms. The van der Waals surface area contributed by atoms with Gasteiger partial charge in [-0.15, -0.1) is 0 Å². The molecule has 0 bridgehead atoms. The summed E-state index contributed by atoms with van der Waals surface area (Å²) in [6.07, 6.45) is 1.15. The number of aliphatic hydroxyl groups is 1. The van der Waals surface area contributed by atoms with Gasteiger partial charge in [0.2, 0.25) is 0 Å². The summed E-state index contributed by atoms with van der Waals surface area (Å²) in [6.45, 7) is 2.00. The molecule has 0 aliphatic rings. The lowest BCUT2D eigenvalue weighted by Crippen LogP contribution is -2.11. The van der Waals surface area contributed by atoms with Crippen LogP contribution in [0.5, 0.6) is 0 Å². The van der Waals surface area contributed by atoms with Crippen LogP contribution in [0.3, 0.4) is 0 Å². The molecule has 0 aliphatic carbocycles. The molecule has 3 atom stereocenters. The van der Waals surface area contributed by atoms with E-state index < -0.39 is 16.9 Å². The van der Waals surface area contributed by atoms with Crippen molar-refractivity contribution in [3.8, 4) is 6.07 Å². The van der Waals surface area contributed by atoms with E-state index in [0.717, 1.165) is 21.6 Å². The van der Waals surface area contributed by atoms with Gasteiger partial charge in [0.15, 0.2) is 0 Å². The van der Waals surface area contributed by atoms with Gasteiger partial charge < -0.3 is 5.11 Å². The van der Waals surface area contributed by atoms with E-state index >= 15 is 0 Å². The van der Waals surface area contributed by atoms with Crippen LogP contribution in [0.4, 0.5) is 0 Å². The van der Waals surface area contributed by atoms with Crippen LogP contribution in [-0.2, 0) is 10.8 Å². The van der Waals surface area contributed by atoms with E-state index in [1.807, 2.05) is 61.7 Å². The Morgan fingerprint density at radius 3 is 2.25 bits per heavy atom. The zero-order valence-corrected chi connectivity index (χ0v) is 17.3. The number of hydrogen-bond acceptors (Lipinski definition) is 4. The van der Waals surface area contributed by atoms with Gasteiger partial charge >= 0.3 is 0 Å². The van der Waals surface area contributed by atoms with E-state index in [-0.39, 0.29) is 5.25 Å². The molecule has 0 fully saturated rings. The molecule has 0 heterocycles. The van der Waals surface area contributed by atoms with Gasteiger partial charge in [0.25, 0.3) is 0 Å². The number of aliphatic hydroxyl groups excluding tert-OH is 1. The van der Waals surface area contributed by atoms with E-state index in [4.69, 9.17) is 5.26 Å². The molecular formula is C23H21NO2S2. The van der Waals surface area contributed by atoms with Crippen molar-refractivity contribution >= 4 is 22.6 Å². The Morgan fingerprint density at radius 2 is 1.64 bits per heavy atom. The van der Waals surface area contributed by atoms with E-state index in [1.54, 1.807) is 24.3 Å². The van der Waals surface area contributed by atoms with Gasteiger partial charge in [0.1, 0.15) is 0 Å². The number of aryl methyl sites for hydroxylation is 1. The Kier molecular flexibility index (Phi) is 6.69. The minimum atomic E-state index is -1.33.